The topological polar surface area (TPSA) is 98.1 Å². The minimum atomic E-state index is -3.09. The van der Waals surface area contributed by atoms with Crippen LogP contribution >= 0.6 is 35.0 Å². The van der Waals surface area contributed by atoms with Crippen molar-refractivity contribution in [3.63, 3.8) is 0 Å². The monoisotopic (exact) mass is 497 g/mol. The number of aromatic nitrogens is 2. The summed E-state index contributed by atoms with van der Waals surface area (Å²) in [5.41, 5.74) is 0.685. The third kappa shape index (κ3) is 5.06. The zero-order chi connectivity index (χ0) is 22.2. The van der Waals surface area contributed by atoms with Crippen molar-refractivity contribution in [2.45, 2.75) is 17.6 Å². The van der Waals surface area contributed by atoms with Gasteiger partial charge >= 0.3 is 0 Å². The van der Waals surface area contributed by atoms with Gasteiger partial charge in [0.15, 0.2) is 15.0 Å². The average molecular weight is 498 g/mol. The number of rotatable bonds is 5. The standard InChI is InChI=1S/C20H17Cl2N3O4S2/c21-12-1-4-15(5-2-12)25-19(27)16-6-3-13(22)9-17(16)24-20(25)30-10-18(26)23-14-7-8-31(28,29)11-14/h1-6,9,14H,7-8,10-11H2,(H,23,26). The van der Waals surface area contributed by atoms with Crippen LogP contribution in [-0.4, -0.2) is 47.2 Å². The van der Waals surface area contributed by atoms with Crippen LogP contribution in [-0.2, 0) is 14.6 Å². The number of hydrogen-bond donors (Lipinski definition) is 1. The molecule has 7 nitrogen and oxygen atoms in total. The van der Waals surface area contributed by atoms with E-state index in [1.54, 1.807) is 42.5 Å². The number of thioether (sulfide) groups is 1. The molecule has 1 N–H and O–H groups in total. The zero-order valence-electron chi connectivity index (χ0n) is 16.0. The summed E-state index contributed by atoms with van der Waals surface area (Å²) >= 11 is 13.1. The second-order valence-electron chi connectivity index (χ2n) is 7.13. The van der Waals surface area contributed by atoms with Crippen molar-refractivity contribution in [1.29, 1.82) is 0 Å². The molecule has 0 saturated carbocycles. The number of carbonyl (C=O) groups is 1. The van der Waals surface area contributed by atoms with E-state index in [1.807, 2.05) is 0 Å². The van der Waals surface area contributed by atoms with E-state index in [4.69, 9.17) is 23.2 Å². The van der Waals surface area contributed by atoms with Gasteiger partial charge < -0.3 is 5.32 Å². The smallest absolute Gasteiger partial charge is 0.266 e. The highest BCUT2D eigenvalue weighted by Crippen LogP contribution is 2.24. The number of nitrogens with zero attached hydrogens (tertiary/aromatic N) is 2. The van der Waals surface area contributed by atoms with E-state index >= 15 is 0 Å². The maximum Gasteiger partial charge on any atom is 0.266 e. The van der Waals surface area contributed by atoms with Gasteiger partial charge in [-0.05, 0) is 48.9 Å². The summed E-state index contributed by atoms with van der Waals surface area (Å²) in [5.74, 6) is -0.321. The number of carbonyl (C=O) groups excluding carboxylic acids is 1. The Morgan fingerprint density at radius 3 is 2.55 bits per heavy atom. The second-order valence-corrected chi connectivity index (χ2v) is 11.2. The number of nitrogens with one attached hydrogen (secondary N) is 1. The van der Waals surface area contributed by atoms with E-state index < -0.39 is 9.84 Å². The highest BCUT2D eigenvalue weighted by Gasteiger charge is 2.29. The van der Waals surface area contributed by atoms with Gasteiger partial charge in [-0.15, -0.1) is 0 Å². The quantitative estimate of drug-likeness (QED) is 0.429. The van der Waals surface area contributed by atoms with Gasteiger partial charge in [-0.2, -0.15) is 0 Å². The van der Waals surface area contributed by atoms with Gasteiger partial charge in [-0.25, -0.2) is 13.4 Å². The molecule has 0 spiro atoms. The second kappa shape index (κ2) is 8.82. The largest absolute Gasteiger partial charge is 0.352 e. The molecular formula is C20H17Cl2N3O4S2. The van der Waals surface area contributed by atoms with Crippen molar-refractivity contribution in [2.24, 2.45) is 0 Å². The first-order valence-corrected chi connectivity index (χ1v) is 12.9. The first-order valence-electron chi connectivity index (χ1n) is 9.33. The first kappa shape index (κ1) is 22.1. The van der Waals surface area contributed by atoms with Crippen LogP contribution in [0.1, 0.15) is 6.42 Å². The molecule has 1 aliphatic rings. The molecule has 2 aromatic carbocycles. The molecule has 1 amide bonds. The Morgan fingerprint density at radius 2 is 1.87 bits per heavy atom. The number of halogens is 2. The summed E-state index contributed by atoms with van der Waals surface area (Å²) < 4.78 is 24.6. The molecule has 11 heteroatoms. The summed E-state index contributed by atoms with van der Waals surface area (Å²) in [6, 6.07) is 11.2. The van der Waals surface area contributed by atoms with E-state index in [0.29, 0.717) is 38.2 Å². The number of fused-ring (bicyclic) bond motifs is 1. The van der Waals surface area contributed by atoms with Crippen molar-refractivity contribution >= 4 is 61.6 Å². The predicted octanol–water partition coefficient (Wildman–Crippen LogP) is 3.09. The van der Waals surface area contributed by atoms with E-state index in [0.717, 1.165) is 11.8 Å². The molecule has 1 unspecified atom stereocenters. The van der Waals surface area contributed by atoms with Crippen molar-refractivity contribution in [1.82, 2.24) is 14.9 Å². The van der Waals surface area contributed by atoms with Crippen LogP contribution in [0, 0.1) is 0 Å². The van der Waals surface area contributed by atoms with Gasteiger partial charge in [-0.3, -0.25) is 14.2 Å². The predicted molar refractivity (Wildman–Crippen MR) is 123 cm³/mol. The van der Waals surface area contributed by atoms with Gasteiger partial charge in [0.2, 0.25) is 5.91 Å². The lowest BCUT2D eigenvalue weighted by Gasteiger charge is -2.14. The van der Waals surface area contributed by atoms with Crippen molar-refractivity contribution in [2.75, 3.05) is 17.3 Å². The maximum atomic E-state index is 13.2. The van der Waals surface area contributed by atoms with Crippen LogP contribution in [0.3, 0.4) is 0 Å². The van der Waals surface area contributed by atoms with Crippen LogP contribution in [0.4, 0.5) is 0 Å². The number of benzene rings is 2. The molecule has 0 bridgehead atoms. The molecule has 4 rings (SSSR count). The van der Waals surface area contributed by atoms with Gasteiger partial charge in [0.1, 0.15) is 0 Å². The highest BCUT2D eigenvalue weighted by molar-refractivity contribution is 7.99. The molecule has 1 aromatic heterocycles. The lowest BCUT2D eigenvalue weighted by molar-refractivity contribution is -0.119. The highest BCUT2D eigenvalue weighted by atomic mass is 35.5. The number of hydrogen-bond acceptors (Lipinski definition) is 6. The summed E-state index contributed by atoms with van der Waals surface area (Å²) in [6.45, 7) is 0. The van der Waals surface area contributed by atoms with Crippen LogP contribution in [0.2, 0.25) is 10.0 Å². The minimum absolute atomic E-state index is 0.0251. The molecule has 162 valence electrons. The molecular weight excluding hydrogens is 481 g/mol. The van der Waals surface area contributed by atoms with E-state index in [-0.39, 0.29) is 34.8 Å². The van der Waals surface area contributed by atoms with Crippen LogP contribution in [0.5, 0.6) is 0 Å². The van der Waals surface area contributed by atoms with E-state index in [1.165, 1.54) is 4.57 Å². The Bertz CT molecular complexity index is 1320. The fourth-order valence-corrected chi connectivity index (χ4v) is 6.15. The molecule has 31 heavy (non-hydrogen) atoms. The molecule has 1 aliphatic heterocycles. The zero-order valence-corrected chi connectivity index (χ0v) is 19.2. The molecule has 0 radical (unpaired) electrons. The van der Waals surface area contributed by atoms with Gasteiger partial charge in [0.05, 0.1) is 33.8 Å². The molecule has 1 atom stereocenters. The van der Waals surface area contributed by atoms with Crippen molar-refractivity contribution < 1.29 is 13.2 Å². The molecule has 0 aliphatic carbocycles. The van der Waals surface area contributed by atoms with Crippen LogP contribution in [0.25, 0.3) is 16.6 Å². The van der Waals surface area contributed by atoms with Crippen LogP contribution in [0.15, 0.2) is 52.4 Å². The fraction of sp³-hybridized carbons (Fsp3) is 0.250. The lowest BCUT2D eigenvalue weighted by Crippen LogP contribution is -2.36. The van der Waals surface area contributed by atoms with Crippen LogP contribution < -0.4 is 10.9 Å². The third-order valence-electron chi connectivity index (χ3n) is 4.82. The van der Waals surface area contributed by atoms with Crippen molar-refractivity contribution in [3.05, 3.63) is 62.9 Å². The minimum Gasteiger partial charge on any atom is -0.352 e. The Balaban J connectivity index is 1.65. The Kier molecular flexibility index (Phi) is 6.30. The fourth-order valence-electron chi connectivity index (χ4n) is 3.36. The maximum absolute atomic E-state index is 13.2. The molecule has 1 saturated heterocycles. The number of amides is 1. The van der Waals surface area contributed by atoms with Gasteiger partial charge in [0.25, 0.3) is 5.56 Å². The normalized spacial score (nSPS) is 17.7. The van der Waals surface area contributed by atoms with E-state index in [2.05, 4.69) is 10.3 Å². The SMILES string of the molecule is O=C(CSc1nc2cc(Cl)ccc2c(=O)n1-c1ccc(Cl)cc1)NC1CCS(=O)(=O)C1. The Hall–Kier alpha value is -2.07. The summed E-state index contributed by atoms with van der Waals surface area (Å²) in [7, 11) is -3.09. The molecule has 1 fully saturated rings. The summed E-state index contributed by atoms with van der Waals surface area (Å²) in [4.78, 5) is 30.2. The third-order valence-corrected chi connectivity index (χ3v) is 8.01. The van der Waals surface area contributed by atoms with E-state index in [9.17, 15) is 18.0 Å². The summed E-state index contributed by atoms with van der Waals surface area (Å²) in [5, 5.41) is 4.42. The Labute approximate surface area is 192 Å². The van der Waals surface area contributed by atoms with Gasteiger partial charge in [-0.1, -0.05) is 35.0 Å². The van der Waals surface area contributed by atoms with Gasteiger partial charge in [0, 0.05) is 16.1 Å². The molecule has 2 heterocycles. The summed E-state index contributed by atoms with van der Waals surface area (Å²) in [6.07, 6.45) is 0.404. The Morgan fingerprint density at radius 1 is 1.16 bits per heavy atom. The van der Waals surface area contributed by atoms with Crippen molar-refractivity contribution in [3.8, 4) is 5.69 Å². The number of sulfone groups is 1. The lowest BCUT2D eigenvalue weighted by atomic mass is 10.2. The first-order chi connectivity index (χ1) is 14.7. The molecule has 3 aromatic rings. The average Bonchev–Trinajstić information content (AvgIpc) is 3.05.